The molecule has 0 fully saturated rings. The monoisotopic (exact) mass is 483 g/mol. The summed E-state index contributed by atoms with van der Waals surface area (Å²) in [5.74, 6) is 2.77. The number of hydrogen-bond donors (Lipinski definition) is 3. The molecule has 1 heterocycles. The first-order valence-electron chi connectivity index (χ1n) is 9.22. The Bertz CT molecular complexity index is 1260. The quantitative estimate of drug-likeness (QED) is 0.403. The van der Waals surface area contributed by atoms with Crippen LogP contribution in [0.1, 0.15) is 0 Å². The van der Waals surface area contributed by atoms with Crippen molar-refractivity contribution in [2.75, 3.05) is 36.1 Å². The molecule has 170 valence electrons. The zero-order valence-electron chi connectivity index (χ0n) is 17.0. The average Bonchev–Trinajstić information content (AvgIpc) is 2.71. The van der Waals surface area contributed by atoms with E-state index in [1.807, 2.05) is 0 Å². The number of anilines is 3. The molecule has 1 unspecified atom stereocenters. The molecule has 1 aromatic heterocycles. The van der Waals surface area contributed by atoms with Crippen LogP contribution in [0.25, 0.3) is 10.9 Å². The van der Waals surface area contributed by atoms with Crippen molar-refractivity contribution in [3.05, 3.63) is 47.5 Å². The van der Waals surface area contributed by atoms with Gasteiger partial charge in [-0.05, 0) is 30.1 Å². The maximum atomic E-state index is 13.8. The summed E-state index contributed by atoms with van der Waals surface area (Å²) in [6, 6.07) is 6.92. The fraction of sp³-hybridized carbons (Fsp3) is 0.200. The van der Waals surface area contributed by atoms with Crippen LogP contribution in [0.3, 0.4) is 0 Å². The zero-order chi connectivity index (χ0) is 23.3. The molecule has 0 aliphatic heterocycles. The third kappa shape index (κ3) is 6.17. The molecule has 0 aliphatic carbocycles. The maximum Gasteiger partial charge on any atom is 0.258 e. The Morgan fingerprint density at radius 3 is 2.78 bits per heavy atom. The fourth-order valence-corrected chi connectivity index (χ4v) is 3.69. The van der Waals surface area contributed by atoms with Gasteiger partial charge in [0, 0.05) is 34.3 Å². The molecule has 1 atom stereocenters. The van der Waals surface area contributed by atoms with E-state index < -0.39 is 34.7 Å². The lowest BCUT2D eigenvalue weighted by Crippen LogP contribution is -2.30. The molecule has 8 nitrogen and oxygen atoms in total. The van der Waals surface area contributed by atoms with E-state index >= 15 is 0 Å². The smallest absolute Gasteiger partial charge is 0.258 e. The Kier molecular flexibility index (Phi) is 7.31. The number of aromatic nitrogens is 2. The van der Waals surface area contributed by atoms with Crippen LogP contribution in [0.5, 0.6) is 5.75 Å². The fourth-order valence-electron chi connectivity index (χ4n) is 2.77. The highest BCUT2D eigenvalue weighted by Crippen LogP contribution is 2.35. The Balaban J connectivity index is 1.91. The average molecular weight is 484 g/mol. The first kappa shape index (κ1) is 23.5. The number of carbonyl (C=O) groups is 1. The molecule has 3 rings (SSSR count). The molecule has 0 bridgehead atoms. The van der Waals surface area contributed by atoms with E-state index in [2.05, 4.69) is 31.2 Å². The normalized spacial score (nSPS) is 12.8. The van der Waals surface area contributed by atoms with E-state index in [0.29, 0.717) is 28.1 Å². The number of benzene rings is 2. The van der Waals surface area contributed by atoms with Gasteiger partial charge in [-0.1, -0.05) is 11.6 Å². The van der Waals surface area contributed by atoms with E-state index in [9.17, 15) is 17.8 Å². The standard InChI is InChI=1S/C20H20ClF2N5O3S/c1-32(2,30)28-13-8-14(21)19-16(9-13)25-11-26-20(19)27-15-4-3-12(23)7-17(15)31-10-18(29)24-6-5-22/h3-4,7-9,11H,1,5-6,10H2,2H3,(H,24,29)(H,28,30)(H,25,26,27). The van der Waals surface area contributed by atoms with Crippen molar-refractivity contribution < 1.29 is 22.5 Å². The number of carbonyl (C=O) groups excluding carboxylic acids is 1. The molecule has 2 aromatic carbocycles. The van der Waals surface area contributed by atoms with Crippen molar-refractivity contribution in [3.63, 3.8) is 0 Å². The molecular weight excluding hydrogens is 464 g/mol. The van der Waals surface area contributed by atoms with Gasteiger partial charge < -0.3 is 20.1 Å². The van der Waals surface area contributed by atoms with Crippen molar-refractivity contribution in [2.24, 2.45) is 0 Å². The van der Waals surface area contributed by atoms with Crippen LogP contribution in [0, 0.1) is 5.82 Å². The summed E-state index contributed by atoms with van der Waals surface area (Å²) in [6.45, 7) is -1.28. The van der Waals surface area contributed by atoms with Gasteiger partial charge in [0.15, 0.2) is 6.61 Å². The van der Waals surface area contributed by atoms with Gasteiger partial charge in [-0.25, -0.2) is 23.0 Å². The number of nitrogens with one attached hydrogen (secondary N) is 3. The van der Waals surface area contributed by atoms with Crippen LogP contribution in [0.2, 0.25) is 5.02 Å². The Hall–Kier alpha value is -3.18. The van der Waals surface area contributed by atoms with Gasteiger partial charge in [-0.3, -0.25) is 4.79 Å². The molecule has 3 aromatic rings. The van der Waals surface area contributed by atoms with E-state index in [0.717, 1.165) is 6.07 Å². The number of hydrogen-bond acceptors (Lipinski definition) is 6. The highest BCUT2D eigenvalue weighted by Gasteiger charge is 2.14. The molecule has 0 saturated carbocycles. The lowest BCUT2D eigenvalue weighted by atomic mass is 10.2. The Morgan fingerprint density at radius 2 is 2.06 bits per heavy atom. The lowest BCUT2D eigenvalue weighted by Gasteiger charge is -2.15. The molecule has 0 spiro atoms. The summed E-state index contributed by atoms with van der Waals surface area (Å²) in [6.07, 6.45) is 2.75. The summed E-state index contributed by atoms with van der Waals surface area (Å²) in [5, 5.41) is 6.06. The van der Waals surface area contributed by atoms with Crippen LogP contribution in [-0.2, 0) is 14.5 Å². The number of nitrogens with zero attached hydrogens (tertiary/aromatic N) is 2. The second-order valence-electron chi connectivity index (χ2n) is 6.77. The number of rotatable bonds is 9. The summed E-state index contributed by atoms with van der Waals surface area (Å²) < 4.78 is 46.1. The number of fused-ring (bicyclic) bond motifs is 1. The third-order valence-corrected chi connectivity index (χ3v) is 4.96. The predicted molar refractivity (Wildman–Crippen MR) is 124 cm³/mol. The number of alkyl halides is 1. The molecule has 0 radical (unpaired) electrons. The molecule has 0 saturated heterocycles. The molecular formula is C20H20ClF2N5O3S. The van der Waals surface area contributed by atoms with Gasteiger partial charge >= 0.3 is 0 Å². The summed E-state index contributed by atoms with van der Waals surface area (Å²) in [5.41, 5.74) is 1.24. The van der Waals surface area contributed by atoms with E-state index in [4.69, 9.17) is 16.3 Å². The second kappa shape index (κ2) is 9.96. The minimum absolute atomic E-state index is 0.0457. The topological polar surface area (TPSA) is 105 Å². The van der Waals surface area contributed by atoms with Gasteiger partial charge in [0.05, 0.1) is 21.6 Å². The van der Waals surface area contributed by atoms with Gasteiger partial charge in [0.25, 0.3) is 5.91 Å². The van der Waals surface area contributed by atoms with Crippen molar-refractivity contribution in [1.29, 1.82) is 0 Å². The van der Waals surface area contributed by atoms with E-state index in [-0.39, 0.29) is 17.3 Å². The van der Waals surface area contributed by atoms with Crippen molar-refractivity contribution in [2.45, 2.75) is 0 Å². The van der Waals surface area contributed by atoms with Crippen LogP contribution in [0.15, 0.2) is 36.7 Å². The largest absolute Gasteiger partial charge is 0.481 e. The first-order valence-corrected chi connectivity index (χ1v) is 11.7. The highest BCUT2D eigenvalue weighted by molar-refractivity contribution is 8.00. The maximum absolute atomic E-state index is 13.8. The minimum atomic E-state index is -2.52. The third-order valence-electron chi connectivity index (χ3n) is 4.00. The molecule has 12 heteroatoms. The highest BCUT2D eigenvalue weighted by atomic mass is 35.5. The molecule has 0 aliphatic rings. The number of ether oxygens (including phenoxy) is 1. The van der Waals surface area contributed by atoms with Gasteiger partial charge in [-0.2, -0.15) is 0 Å². The number of amides is 1. The predicted octanol–water partition coefficient (Wildman–Crippen LogP) is 3.30. The molecule has 3 N–H and O–H groups in total. The van der Waals surface area contributed by atoms with Crippen LogP contribution >= 0.6 is 11.6 Å². The zero-order valence-corrected chi connectivity index (χ0v) is 18.5. The van der Waals surface area contributed by atoms with Gasteiger partial charge in [-0.15, -0.1) is 0 Å². The minimum Gasteiger partial charge on any atom is -0.481 e. The van der Waals surface area contributed by atoms with Crippen LogP contribution < -0.4 is 20.1 Å². The second-order valence-corrected chi connectivity index (χ2v) is 9.40. The molecule has 32 heavy (non-hydrogen) atoms. The van der Waals surface area contributed by atoms with Crippen molar-refractivity contribution in [1.82, 2.24) is 15.3 Å². The van der Waals surface area contributed by atoms with Crippen LogP contribution in [0.4, 0.5) is 26.0 Å². The van der Waals surface area contributed by atoms with Gasteiger partial charge in [0.1, 0.15) is 30.4 Å². The Labute approximate surface area is 188 Å². The Morgan fingerprint density at radius 1 is 1.28 bits per heavy atom. The molecule has 1 amide bonds. The van der Waals surface area contributed by atoms with Crippen molar-refractivity contribution >= 4 is 61.2 Å². The summed E-state index contributed by atoms with van der Waals surface area (Å²) in [4.78, 5) is 20.1. The summed E-state index contributed by atoms with van der Waals surface area (Å²) in [7, 11) is -2.52. The van der Waals surface area contributed by atoms with Crippen molar-refractivity contribution in [3.8, 4) is 5.75 Å². The van der Waals surface area contributed by atoms with Crippen LogP contribution in [-0.4, -0.2) is 52.0 Å². The number of halogens is 3. The first-order chi connectivity index (χ1) is 15.2. The van der Waals surface area contributed by atoms with E-state index in [1.165, 1.54) is 24.7 Å². The SMILES string of the molecule is C=S(C)(=O)Nc1cc(Cl)c2c(Nc3ccc(F)cc3OCC(=O)NCCF)ncnc2c1. The van der Waals surface area contributed by atoms with E-state index in [1.54, 1.807) is 12.1 Å². The van der Waals surface area contributed by atoms with Gasteiger partial charge in [0.2, 0.25) is 0 Å². The lowest BCUT2D eigenvalue weighted by molar-refractivity contribution is -0.123. The summed E-state index contributed by atoms with van der Waals surface area (Å²) >= 11 is 6.43.